The van der Waals surface area contributed by atoms with E-state index in [9.17, 15) is 0 Å². The molecule has 0 heterocycles. The minimum atomic E-state index is 0.0838. The van der Waals surface area contributed by atoms with Crippen molar-refractivity contribution in [1.82, 2.24) is 0 Å². The second kappa shape index (κ2) is 7.05. The van der Waals surface area contributed by atoms with Gasteiger partial charge in [-0.3, -0.25) is 0 Å². The maximum absolute atomic E-state index is 5.58. The maximum Gasteiger partial charge on any atom is 0.111 e. The molecule has 0 amide bonds. The van der Waals surface area contributed by atoms with Crippen LogP contribution in [0.4, 0.5) is 0 Å². The predicted octanol–water partition coefficient (Wildman–Crippen LogP) is 2.79. The Hall–Kier alpha value is 0.700. The quantitative estimate of drug-likeness (QED) is 0.285. The Bertz CT molecular complexity index is 123. The summed E-state index contributed by atoms with van der Waals surface area (Å²) in [5.41, 5.74) is 0. The number of nitrogens with zero attached hydrogens (tertiary/aromatic N) is 1. The van der Waals surface area contributed by atoms with E-state index in [0.29, 0.717) is 0 Å². The summed E-state index contributed by atoms with van der Waals surface area (Å²) in [5, 5.41) is 0. The van der Waals surface area contributed by atoms with Crippen molar-refractivity contribution in [2.75, 3.05) is 46.6 Å². The summed E-state index contributed by atoms with van der Waals surface area (Å²) in [7, 11) is 6.66. The first-order valence-corrected chi connectivity index (χ1v) is 7.90. The summed E-state index contributed by atoms with van der Waals surface area (Å²) in [6.45, 7) is 6.44. The van der Waals surface area contributed by atoms with Crippen LogP contribution in [-0.2, 0) is 4.18 Å². The predicted molar refractivity (Wildman–Crippen MR) is 64.4 cm³/mol. The fourth-order valence-corrected chi connectivity index (χ4v) is 3.01. The van der Waals surface area contributed by atoms with Crippen molar-refractivity contribution >= 4 is 18.8 Å². The summed E-state index contributed by atoms with van der Waals surface area (Å²) in [6, 6.07) is 0. The number of likely N-dealkylation sites (N-methyl/N-ethyl adjacent to an activating group) is 1. The van der Waals surface area contributed by atoms with Crippen LogP contribution in [0.2, 0.25) is 0 Å². The van der Waals surface area contributed by atoms with Crippen LogP contribution >= 0.6 is 18.8 Å². The van der Waals surface area contributed by atoms with Crippen LogP contribution in [0.3, 0.4) is 0 Å². The molecule has 0 aliphatic heterocycles. The van der Waals surface area contributed by atoms with Crippen LogP contribution in [0.25, 0.3) is 0 Å². The largest absolute Gasteiger partial charge is 0.329 e. The molecule has 80 valence electrons. The van der Waals surface area contributed by atoms with E-state index in [-0.39, 0.29) is 7.12 Å². The highest BCUT2D eigenvalue weighted by Crippen LogP contribution is 2.49. The summed E-state index contributed by atoms with van der Waals surface area (Å²) in [4.78, 5) is 0. The lowest BCUT2D eigenvalue weighted by Crippen LogP contribution is -2.37. The van der Waals surface area contributed by atoms with Crippen molar-refractivity contribution in [2.24, 2.45) is 0 Å². The van der Waals surface area contributed by atoms with E-state index in [1.165, 1.54) is 12.3 Å². The van der Waals surface area contributed by atoms with E-state index in [1.54, 1.807) is 11.7 Å². The summed E-state index contributed by atoms with van der Waals surface area (Å²) in [6.07, 6.45) is 2.53. The third-order valence-corrected chi connectivity index (χ3v) is 6.10. The smallest absolute Gasteiger partial charge is 0.111 e. The van der Waals surface area contributed by atoms with E-state index in [2.05, 4.69) is 35.0 Å². The number of quaternary nitrogens is 1. The molecule has 0 aliphatic rings. The zero-order valence-electron chi connectivity index (χ0n) is 9.54. The highest BCUT2D eigenvalue weighted by atomic mass is 32.7. The molecular weight excluding hydrogens is 201 g/mol. The molecule has 0 aromatic carbocycles. The lowest BCUT2D eigenvalue weighted by molar-refractivity contribution is -0.870. The summed E-state index contributed by atoms with van der Waals surface area (Å²) in [5.74, 6) is 0. The molecule has 0 N–H and O–H groups in total. The Morgan fingerprint density at radius 2 is 1.69 bits per heavy atom. The third kappa shape index (κ3) is 9.01. The van der Waals surface area contributed by atoms with Gasteiger partial charge in [-0.1, -0.05) is 13.8 Å². The molecule has 2 nitrogen and oxygen atoms in total. The minimum absolute atomic E-state index is 0.0838. The Labute approximate surface area is 88.3 Å². The monoisotopic (exact) mass is 224 g/mol. The van der Waals surface area contributed by atoms with E-state index >= 15 is 0 Å². The van der Waals surface area contributed by atoms with Crippen molar-refractivity contribution in [3.8, 4) is 0 Å². The Morgan fingerprint density at radius 3 is 2.08 bits per heavy atom. The molecule has 0 fully saturated rings. The van der Waals surface area contributed by atoms with Crippen LogP contribution in [0, 0.1) is 0 Å². The van der Waals surface area contributed by atoms with Crippen LogP contribution < -0.4 is 0 Å². The van der Waals surface area contributed by atoms with E-state index in [0.717, 1.165) is 17.6 Å². The second-order valence-electron chi connectivity index (χ2n) is 4.02. The molecule has 0 rings (SSSR count). The van der Waals surface area contributed by atoms with E-state index in [4.69, 9.17) is 4.18 Å². The van der Waals surface area contributed by atoms with Crippen molar-refractivity contribution in [3.05, 3.63) is 0 Å². The SMILES string of the molecule is CCP(CC)SOCC[N+](C)(C)C. The molecule has 0 aromatic heterocycles. The number of hydrogen-bond acceptors (Lipinski definition) is 2. The zero-order chi connectivity index (χ0) is 10.3. The van der Waals surface area contributed by atoms with Gasteiger partial charge in [0.1, 0.15) is 13.2 Å². The highest BCUT2D eigenvalue weighted by molar-refractivity contribution is 8.53. The van der Waals surface area contributed by atoms with Gasteiger partial charge in [0.25, 0.3) is 0 Å². The number of rotatable bonds is 7. The third-order valence-electron chi connectivity index (χ3n) is 1.71. The molecule has 0 atom stereocenters. The fourth-order valence-electron chi connectivity index (χ4n) is 0.752. The average molecular weight is 224 g/mol. The molecule has 13 heavy (non-hydrogen) atoms. The maximum atomic E-state index is 5.58. The molecule has 0 saturated carbocycles. The van der Waals surface area contributed by atoms with Crippen LogP contribution in [0.15, 0.2) is 0 Å². The minimum Gasteiger partial charge on any atom is -0.329 e. The Kier molecular flexibility index (Phi) is 7.43. The van der Waals surface area contributed by atoms with Crippen molar-refractivity contribution in [3.63, 3.8) is 0 Å². The lowest BCUT2D eigenvalue weighted by atomic mass is 10.5. The molecule has 0 aromatic rings. The molecule has 0 unspecified atom stereocenters. The van der Waals surface area contributed by atoms with Gasteiger partial charge in [-0.2, -0.15) is 0 Å². The summed E-state index contributed by atoms with van der Waals surface area (Å²) < 4.78 is 6.57. The van der Waals surface area contributed by atoms with Crippen molar-refractivity contribution in [2.45, 2.75) is 13.8 Å². The molecule has 0 saturated heterocycles. The molecule has 0 aliphatic carbocycles. The number of hydrogen-bond donors (Lipinski definition) is 0. The molecule has 0 radical (unpaired) electrons. The van der Waals surface area contributed by atoms with Gasteiger partial charge in [-0.05, 0) is 19.4 Å². The van der Waals surface area contributed by atoms with E-state index < -0.39 is 0 Å². The highest BCUT2D eigenvalue weighted by Gasteiger charge is 2.08. The van der Waals surface area contributed by atoms with Crippen molar-refractivity contribution < 1.29 is 8.67 Å². The Balaban J connectivity index is 3.34. The van der Waals surface area contributed by atoms with Gasteiger partial charge in [-0.25, -0.2) is 0 Å². The van der Waals surface area contributed by atoms with Gasteiger partial charge in [0.15, 0.2) is 0 Å². The first kappa shape index (κ1) is 13.7. The van der Waals surface area contributed by atoms with Gasteiger partial charge >= 0.3 is 0 Å². The zero-order valence-corrected chi connectivity index (χ0v) is 11.3. The van der Waals surface area contributed by atoms with E-state index in [1.807, 2.05) is 0 Å². The van der Waals surface area contributed by atoms with Crippen molar-refractivity contribution in [1.29, 1.82) is 0 Å². The van der Waals surface area contributed by atoms with Crippen LogP contribution in [0.1, 0.15) is 13.8 Å². The molecule has 4 heteroatoms. The lowest BCUT2D eigenvalue weighted by Gasteiger charge is -2.23. The van der Waals surface area contributed by atoms with Gasteiger partial charge in [-0.15, -0.1) is 0 Å². The average Bonchev–Trinajstić information content (AvgIpc) is 2.03. The van der Waals surface area contributed by atoms with Crippen LogP contribution in [-0.4, -0.2) is 51.1 Å². The fraction of sp³-hybridized carbons (Fsp3) is 1.00. The first-order chi connectivity index (χ1) is 5.99. The van der Waals surface area contributed by atoms with Gasteiger partial charge in [0.05, 0.1) is 21.1 Å². The van der Waals surface area contributed by atoms with Gasteiger partial charge < -0.3 is 8.67 Å². The molecular formula is C9H23NOPS+. The second-order valence-corrected chi connectivity index (χ2v) is 8.63. The summed E-state index contributed by atoms with van der Waals surface area (Å²) >= 11 is 1.72. The van der Waals surface area contributed by atoms with Crippen LogP contribution in [0.5, 0.6) is 0 Å². The standard InChI is InChI=1S/C9H23NOPS/c1-6-12(7-2)13-11-9-8-10(3,4)5/h6-9H2,1-5H3/q+1. The molecule has 0 spiro atoms. The molecule has 0 bridgehead atoms. The Morgan fingerprint density at radius 1 is 1.15 bits per heavy atom. The first-order valence-electron chi connectivity index (χ1n) is 4.84. The van der Waals surface area contributed by atoms with Gasteiger partial charge in [0, 0.05) is 11.7 Å². The normalized spacial score (nSPS) is 12.5. The van der Waals surface area contributed by atoms with Gasteiger partial charge in [0.2, 0.25) is 0 Å². The topological polar surface area (TPSA) is 9.23 Å².